The van der Waals surface area contributed by atoms with Crippen molar-refractivity contribution in [3.05, 3.63) is 62.1 Å². The fourth-order valence-corrected chi connectivity index (χ4v) is 2.62. The molecule has 0 saturated carbocycles. The molecule has 0 spiro atoms. The van der Waals surface area contributed by atoms with Gasteiger partial charge in [0.15, 0.2) is 5.78 Å². The van der Waals surface area contributed by atoms with E-state index in [9.17, 15) is 20.0 Å². The Morgan fingerprint density at radius 3 is 2.52 bits per heavy atom. The van der Waals surface area contributed by atoms with Crippen molar-refractivity contribution in [1.82, 2.24) is 0 Å². The molecule has 2 aromatic carbocycles. The number of nitro groups is 1. The first-order chi connectivity index (χ1) is 11.9. The van der Waals surface area contributed by atoms with Crippen molar-refractivity contribution in [2.24, 2.45) is 0 Å². The topological polar surface area (TPSA) is 98.9 Å². The minimum absolute atomic E-state index is 0.0446. The van der Waals surface area contributed by atoms with Gasteiger partial charge in [-0.1, -0.05) is 18.2 Å². The van der Waals surface area contributed by atoms with Crippen LogP contribution in [0.3, 0.4) is 0 Å². The van der Waals surface area contributed by atoms with E-state index in [0.717, 1.165) is 0 Å². The molecule has 0 radical (unpaired) electrons. The van der Waals surface area contributed by atoms with Crippen LogP contribution in [0.4, 0.5) is 5.69 Å². The Bertz CT molecular complexity index is 862. The van der Waals surface area contributed by atoms with Gasteiger partial charge in [0, 0.05) is 18.2 Å². The molecule has 25 heavy (non-hydrogen) atoms. The van der Waals surface area contributed by atoms with E-state index in [1.165, 1.54) is 50.6 Å². The molecular formula is C17H14BrNO6. The molecule has 130 valence electrons. The summed E-state index contributed by atoms with van der Waals surface area (Å²) < 4.78 is 10.5. The molecule has 1 N–H and O–H groups in total. The highest BCUT2D eigenvalue weighted by molar-refractivity contribution is 9.10. The van der Waals surface area contributed by atoms with Crippen molar-refractivity contribution < 1.29 is 24.3 Å². The summed E-state index contributed by atoms with van der Waals surface area (Å²) in [5.74, 6) is -0.381. The number of ether oxygens (including phenoxy) is 2. The fraction of sp³-hybridized carbons (Fsp3) is 0.118. The number of aromatic hydroxyl groups is 1. The minimum Gasteiger partial charge on any atom is -0.506 e. The van der Waals surface area contributed by atoms with E-state index in [1.54, 1.807) is 6.07 Å². The number of nitrogens with zero attached hydrogens (tertiary/aromatic N) is 1. The van der Waals surface area contributed by atoms with Gasteiger partial charge in [-0.05, 0) is 27.6 Å². The number of non-ortho nitro benzene ring substituents is 1. The van der Waals surface area contributed by atoms with Crippen LogP contribution in [0.2, 0.25) is 0 Å². The third kappa shape index (κ3) is 3.97. The van der Waals surface area contributed by atoms with Crippen LogP contribution < -0.4 is 9.47 Å². The van der Waals surface area contributed by atoms with Crippen LogP contribution in [0.1, 0.15) is 15.9 Å². The van der Waals surface area contributed by atoms with Crippen LogP contribution in [-0.4, -0.2) is 30.0 Å². The van der Waals surface area contributed by atoms with Crippen LogP contribution in [0.25, 0.3) is 6.08 Å². The molecule has 8 heteroatoms. The Morgan fingerprint density at radius 2 is 1.92 bits per heavy atom. The highest BCUT2D eigenvalue weighted by Crippen LogP contribution is 2.42. The fourth-order valence-electron chi connectivity index (χ4n) is 2.14. The van der Waals surface area contributed by atoms with Crippen LogP contribution in [0, 0.1) is 10.1 Å². The first-order valence-electron chi connectivity index (χ1n) is 6.99. The SMILES string of the molecule is COc1cc(OC)c(C(=O)/C=C/c2cccc([N+](=O)[O-])c2)c(O)c1Br. The number of methoxy groups -OCH3 is 2. The van der Waals surface area contributed by atoms with Gasteiger partial charge in [-0.25, -0.2) is 0 Å². The molecule has 0 fully saturated rings. The molecule has 0 bridgehead atoms. The number of rotatable bonds is 6. The van der Waals surface area contributed by atoms with Crippen LogP contribution >= 0.6 is 15.9 Å². The normalized spacial score (nSPS) is 10.7. The van der Waals surface area contributed by atoms with E-state index >= 15 is 0 Å². The number of ketones is 1. The lowest BCUT2D eigenvalue weighted by Crippen LogP contribution is -2.01. The largest absolute Gasteiger partial charge is 0.506 e. The second kappa shape index (κ2) is 7.80. The lowest BCUT2D eigenvalue weighted by Gasteiger charge is -2.13. The molecule has 0 heterocycles. The Balaban J connectivity index is 2.40. The van der Waals surface area contributed by atoms with Crippen molar-refractivity contribution in [2.75, 3.05) is 14.2 Å². The molecule has 0 aromatic heterocycles. The Labute approximate surface area is 151 Å². The van der Waals surface area contributed by atoms with Crippen LogP contribution in [-0.2, 0) is 0 Å². The van der Waals surface area contributed by atoms with E-state index < -0.39 is 10.7 Å². The molecular weight excluding hydrogens is 394 g/mol. The molecule has 0 aliphatic carbocycles. The summed E-state index contributed by atoms with van der Waals surface area (Å²) >= 11 is 3.16. The van der Waals surface area contributed by atoms with Crippen LogP contribution in [0.5, 0.6) is 17.2 Å². The second-order valence-corrected chi connectivity index (χ2v) is 5.66. The molecule has 0 amide bonds. The van der Waals surface area contributed by atoms with Gasteiger partial charge >= 0.3 is 0 Å². The Kier molecular flexibility index (Phi) is 5.76. The number of allylic oxidation sites excluding steroid dienone is 1. The summed E-state index contributed by atoms with van der Waals surface area (Å²) in [6.07, 6.45) is 2.63. The van der Waals surface area contributed by atoms with Gasteiger partial charge < -0.3 is 14.6 Å². The van der Waals surface area contributed by atoms with Crippen molar-refractivity contribution in [1.29, 1.82) is 0 Å². The summed E-state index contributed by atoms with van der Waals surface area (Å²) in [4.78, 5) is 22.7. The zero-order valence-corrected chi connectivity index (χ0v) is 14.9. The number of benzene rings is 2. The number of hydrogen-bond acceptors (Lipinski definition) is 6. The maximum Gasteiger partial charge on any atom is 0.270 e. The molecule has 0 aliphatic heterocycles. The van der Waals surface area contributed by atoms with Crippen LogP contribution in [0.15, 0.2) is 40.9 Å². The standard InChI is InChI=1S/C17H14BrNO6/c1-24-13-9-14(25-2)16(18)17(21)15(13)12(20)7-6-10-4-3-5-11(8-10)19(22)23/h3-9,21H,1-2H3/b7-6+. The summed E-state index contributed by atoms with van der Waals surface area (Å²) in [5, 5.41) is 21.0. The molecule has 0 unspecified atom stereocenters. The zero-order chi connectivity index (χ0) is 18.6. The summed E-state index contributed by atoms with van der Waals surface area (Å²) in [6, 6.07) is 7.31. The van der Waals surface area contributed by atoms with E-state index in [4.69, 9.17) is 9.47 Å². The molecule has 2 rings (SSSR count). The zero-order valence-electron chi connectivity index (χ0n) is 13.4. The minimum atomic E-state index is -0.524. The number of carbonyl (C=O) groups excluding carboxylic acids is 1. The second-order valence-electron chi connectivity index (χ2n) is 4.87. The Morgan fingerprint density at radius 1 is 1.24 bits per heavy atom. The van der Waals surface area contributed by atoms with Gasteiger partial charge in [0.05, 0.1) is 19.1 Å². The maximum atomic E-state index is 12.5. The monoisotopic (exact) mass is 407 g/mol. The van der Waals surface area contributed by atoms with Gasteiger partial charge in [-0.15, -0.1) is 0 Å². The molecule has 0 atom stereocenters. The summed E-state index contributed by atoms with van der Waals surface area (Å²) in [5.41, 5.74) is 0.354. The number of carbonyl (C=O) groups is 1. The van der Waals surface area contributed by atoms with Crippen molar-refractivity contribution in [3.8, 4) is 17.2 Å². The quantitative estimate of drug-likeness (QED) is 0.336. The van der Waals surface area contributed by atoms with E-state index in [-0.39, 0.29) is 27.2 Å². The highest BCUT2D eigenvalue weighted by atomic mass is 79.9. The van der Waals surface area contributed by atoms with E-state index in [2.05, 4.69) is 15.9 Å². The molecule has 2 aromatic rings. The van der Waals surface area contributed by atoms with Gasteiger partial charge in [-0.3, -0.25) is 14.9 Å². The smallest absolute Gasteiger partial charge is 0.270 e. The average molecular weight is 408 g/mol. The number of hydrogen-bond donors (Lipinski definition) is 1. The molecule has 7 nitrogen and oxygen atoms in total. The summed E-state index contributed by atoms with van der Waals surface area (Å²) in [7, 11) is 2.78. The third-order valence-electron chi connectivity index (χ3n) is 3.36. The van der Waals surface area contributed by atoms with Gasteiger partial charge in [-0.2, -0.15) is 0 Å². The maximum absolute atomic E-state index is 12.5. The summed E-state index contributed by atoms with van der Waals surface area (Å²) in [6.45, 7) is 0. The predicted molar refractivity (Wildman–Crippen MR) is 95.4 cm³/mol. The van der Waals surface area contributed by atoms with Crippen molar-refractivity contribution >= 4 is 33.5 Å². The highest BCUT2D eigenvalue weighted by Gasteiger charge is 2.21. The molecule has 0 aliphatic rings. The van der Waals surface area contributed by atoms with E-state index in [1.807, 2.05) is 0 Å². The van der Waals surface area contributed by atoms with Gasteiger partial charge in [0.2, 0.25) is 0 Å². The molecule has 0 saturated heterocycles. The lowest BCUT2D eigenvalue weighted by atomic mass is 10.1. The number of phenols is 1. The lowest BCUT2D eigenvalue weighted by molar-refractivity contribution is -0.384. The first-order valence-corrected chi connectivity index (χ1v) is 7.78. The van der Waals surface area contributed by atoms with Crippen molar-refractivity contribution in [2.45, 2.75) is 0 Å². The van der Waals surface area contributed by atoms with Gasteiger partial charge in [0.1, 0.15) is 27.3 Å². The predicted octanol–water partition coefficient (Wildman–Crippen LogP) is 3.98. The number of nitro benzene ring substituents is 1. The van der Waals surface area contributed by atoms with Gasteiger partial charge in [0.25, 0.3) is 5.69 Å². The third-order valence-corrected chi connectivity index (χ3v) is 4.13. The first kappa shape index (κ1) is 18.5. The Hall–Kier alpha value is -2.87. The van der Waals surface area contributed by atoms with Crippen molar-refractivity contribution in [3.63, 3.8) is 0 Å². The van der Waals surface area contributed by atoms with E-state index in [0.29, 0.717) is 11.3 Å². The average Bonchev–Trinajstić information content (AvgIpc) is 2.61. The number of halogens is 1. The number of phenolic OH excluding ortho intramolecular Hbond substituents is 1.